The number of hydrogen-bond acceptors (Lipinski definition) is 3. The molecule has 3 N–H and O–H groups in total. The molecule has 2 aliphatic rings. The van der Waals surface area contributed by atoms with Crippen molar-refractivity contribution in [1.82, 2.24) is 5.32 Å². The second-order valence-electron chi connectivity index (χ2n) is 6.87. The minimum Gasteiger partial charge on any atom is -0.392 e. The summed E-state index contributed by atoms with van der Waals surface area (Å²) in [7, 11) is 0. The van der Waals surface area contributed by atoms with Crippen molar-refractivity contribution in [3.8, 4) is 0 Å². The van der Waals surface area contributed by atoms with Gasteiger partial charge < -0.3 is 15.5 Å². The number of nitrogens with one attached hydrogen (secondary N) is 1. The van der Waals surface area contributed by atoms with Crippen molar-refractivity contribution in [2.45, 2.75) is 76.5 Å². The van der Waals surface area contributed by atoms with Gasteiger partial charge in [-0.3, -0.25) is 0 Å². The smallest absolute Gasteiger partial charge is 0.0772 e. The largest absolute Gasteiger partial charge is 0.392 e. The maximum atomic E-state index is 10.5. The maximum Gasteiger partial charge on any atom is 0.0772 e. The van der Waals surface area contributed by atoms with Crippen LogP contribution in [0.1, 0.15) is 58.8 Å². The molecule has 0 bridgehead atoms. The molecule has 2 fully saturated rings. The zero-order chi connectivity index (χ0) is 12.5. The normalized spacial score (nSPS) is 36.0. The average molecular weight is 241 g/mol. The highest BCUT2D eigenvalue weighted by Crippen LogP contribution is 2.40. The lowest BCUT2D eigenvalue weighted by Gasteiger charge is -2.41. The van der Waals surface area contributed by atoms with E-state index in [1.807, 2.05) is 0 Å². The van der Waals surface area contributed by atoms with Gasteiger partial charge in [0.25, 0.3) is 0 Å². The molecular formula is C14H27NO2. The molecule has 0 amide bonds. The third kappa shape index (κ3) is 3.43. The van der Waals surface area contributed by atoms with Crippen LogP contribution in [-0.4, -0.2) is 34.5 Å². The number of rotatable bonds is 3. The first-order valence-corrected chi connectivity index (χ1v) is 7.04. The third-order valence-corrected chi connectivity index (χ3v) is 4.71. The van der Waals surface area contributed by atoms with Crippen LogP contribution in [0.3, 0.4) is 0 Å². The first-order valence-electron chi connectivity index (χ1n) is 7.04. The molecule has 0 radical (unpaired) electrons. The molecule has 3 heteroatoms. The van der Waals surface area contributed by atoms with E-state index in [2.05, 4.69) is 19.2 Å². The van der Waals surface area contributed by atoms with Crippen LogP contribution in [0, 0.1) is 5.41 Å². The van der Waals surface area contributed by atoms with E-state index in [0.29, 0.717) is 12.0 Å². The Morgan fingerprint density at radius 2 is 1.76 bits per heavy atom. The quantitative estimate of drug-likeness (QED) is 0.706. The first-order chi connectivity index (χ1) is 7.90. The van der Waals surface area contributed by atoms with Gasteiger partial charge in [-0.05, 0) is 50.4 Å². The summed E-state index contributed by atoms with van der Waals surface area (Å²) >= 11 is 0. The Balaban J connectivity index is 1.78. The van der Waals surface area contributed by atoms with Gasteiger partial charge in [-0.15, -0.1) is 0 Å². The predicted molar refractivity (Wildman–Crippen MR) is 68.8 cm³/mol. The minimum atomic E-state index is -0.544. The Hall–Kier alpha value is -0.120. The Bertz CT molecular complexity index is 255. The van der Waals surface area contributed by atoms with Gasteiger partial charge in [0.15, 0.2) is 0 Å². The lowest BCUT2D eigenvalue weighted by Crippen LogP contribution is -2.49. The molecule has 0 aromatic rings. The van der Waals surface area contributed by atoms with Crippen molar-refractivity contribution in [3.05, 3.63) is 0 Å². The number of aliphatic hydroxyl groups is 2. The van der Waals surface area contributed by atoms with Gasteiger partial charge in [0.1, 0.15) is 0 Å². The molecule has 0 aliphatic heterocycles. The second-order valence-corrected chi connectivity index (χ2v) is 6.87. The van der Waals surface area contributed by atoms with Crippen LogP contribution < -0.4 is 5.32 Å². The summed E-state index contributed by atoms with van der Waals surface area (Å²) in [5.41, 5.74) is -0.156. The van der Waals surface area contributed by atoms with Crippen LogP contribution in [0.2, 0.25) is 0 Å². The van der Waals surface area contributed by atoms with E-state index >= 15 is 0 Å². The molecule has 100 valence electrons. The summed E-state index contributed by atoms with van der Waals surface area (Å²) in [6.07, 6.45) is 6.80. The van der Waals surface area contributed by atoms with Crippen LogP contribution in [0.5, 0.6) is 0 Å². The van der Waals surface area contributed by atoms with E-state index in [9.17, 15) is 10.2 Å². The molecule has 3 nitrogen and oxygen atoms in total. The maximum absolute atomic E-state index is 10.5. The Morgan fingerprint density at radius 1 is 1.12 bits per heavy atom. The Labute approximate surface area is 105 Å². The average Bonchev–Trinajstić information content (AvgIpc) is 2.67. The molecule has 0 unspecified atom stereocenters. The molecule has 2 saturated carbocycles. The van der Waals surface area contributed by atoms with Crippen molar-refractivity contribution in [1.29, 1.82) is 0 Å². The zero-order valence-electron chi connectivity index (χ0n) is 11.2. The van der Waals surface area contributed by atoms with Crippen LogP contribution in [0.15, 0.2) is 0 Å². The van der Waals surface area contributed by atoms with Crippen LogP contribution in [-0.2, 0) is 0 Å². The van der Waals surface area contributed by atoms with Gasteiger partial charge in [-0.2, -0.15) is 0 Å². The first kappa shape index (κ1) is 13.3. The Kier molecular flexibility index (Phi) is 3.81. The molecule has 17 heavy (non-hydrogen) atoms. The van der Waals surface area contributed by atoms with E-state index in [1.165, 1.54) is 0 Å². The fourth-order valence-electron chi connectivity index (χ4n) is 3.07. The van der Waals surface area contributed by atoms with E-state index < -0.39 is 5.60 Å². The molecule has 2 atom stereocenters. The summed E-state index contributed by atoms with van der Waals surface area (Å²) < 4.78 is 0. The third-order valence-electron chi connectivity index (χ3n) is 4.71. The van der Waals surface area contributed by atoms with Gasteiger partial charge in [0.2, 0.25) is 0 Å². The molecule has 0 spiro atoms. The zero-order valence-corrected chi connectivity index (χ0v) is 11.2. The van der Waals surface area contributed by atoms with Crippen LogP contribution >= 0.6 is 0 Å². The van der Waals surface area contributed by atoms with Gasteiger partial charge >= 0.3 is 0 Å². The molecule has 0 aromatic carbocycles. The van der Waals surface area contributed by atoms with Crippen LogP contribution in [0.25, 0.3) is 0 Å². The highest BCUT2D eigenvalue weighted by molar-refractivity contribution is 4.93. The van der Waals surface area contributed by atoms with E-state index in [4.69, 9.17) is 0 Å². The van der Waals surface area contributed by atoms with Gasteiger partial charge in [0, 0.05) is 12.6 Å². The second kappa shape index (κ2) is 4.87. The minimum absolute atomic E-state index is 0.203. The molecule has 0 aromatic heterocycles. The molecule has 2 rings (SSSR count). The predicted octanol–water partition coefficient (Wildman–Crippen LogP) is 1.82. The number of hydrogen-bond donors (Lipinski definition) is 3. The van der Waals surface area contributed by atoms with E-state index in [-0.39, 0.29) is 12.1 Å². The topological polar surface area (TPSA) is 52.5 Å². The number of aliphatic hydroxyl groups excluding tert-OH is 1. The van der Waals surface area contributed by atoms with Gasteiger partial charge in [-0.1, -0.05) is 13.8 Å². The summed E-state index contributed by atoms with van der Waals surface area (Å²) in [6, 6.07) is 0.203. The highest BCUT2D eigenvalue weighted by Gasteiger charge is 2.37. The summed E-state index contributed by atoms with van der Waals surface area (Å²) in [6.45, 7) is 5.20. The summed E-state index contributed by atoms with van der Waals surface area (Å²) in [5.74, 6) is 0. The molecule has 0 saturated heterocycles. The lowest BCUT2D eigenvalue weighted by atomic mass is 9.71. The van der Waals surface area contributed by atoms with Crippen molar-refractivity contribution in [3.63, 3.8) is 0 Å². The van der Waals surface area contributed by atoms with Gasteiger partial charge in [0.05, 0.1) is 11.7 Å². The van der Waals surface area contributed by atoms with Gasteiger partial charge in [-0.25, -0.2) is 0 Å². The molecule has 0 heterocycles. The summed E-state index contributed by atoms with van der Waals surface area (Å²) in [5, 5.41) is 23.6. The van der Waals surface area contributed by atoms with Crippen molar-refractivity contribution in [2.24, 2.45) is 5.41 Å². The molecular weight excluding hydrogens is 214 g/mol. The molecule has 2 aliphatic carbocycles. The summed E-state index contributed by atoms with van der Waals surface area (Å²) in [4.78, 5) is 0. The van der Waals surface area contributed by atoms with Crippen LogP contribution in [0.4, 0.5) is 0 Å². The fourth-order valence-corrected chi connectivity index (χ4v) is 3.07. The fraction of sp³-hybridized carbons (Fsp3) is 1.00. The SMILES string of the molecule is CC1(C)CCC(O)(CN[C@@H]2CCC[C@H]2O)CC1. The van der Waals surface area contributed by atoms with E-state index in [1.54, 1.807) is 0 Å². The van der Waals surface area contributed by atoms with Crippen molar-refractivity contribution < 1.29 is 10.2 Å². The van der Waals surface area contributed by atoms with E-state index in [0.717, 1.165) is 44.9 Å². The Morgan fingerprint density at radius 3 is 2.29 bits per heavy atom. The van der Waals surface area contributed by atoms with Crippen molar-refractivity contribution in [2.75, 3.05) is 6.54 Å². The highest BCUT2D eigenvalue weighted by atomic mass is 16.3. The van der Waals surface area contributed by atoms with Crippen molar-refractivity contribution >= 4 is 0 Å². The lowest BCUT2D eigenvalue weighted by molar-refractivity contribution is -0.0284. The standard InChI is InChI=1S/C14H27NO2/c1-13(2)6-8-14(17,9-7-13)10-15-11-4-3-5-12(11)16/h11-12,15-17H,3-10H2,1-2H3/t11-,12-/m1/s1. The monoisotopic (exact) mass is 241 g/mol.